The van der Waals surface area contributed by atoms with Crippen molar-refractivity contribution in [2.45, 2.75) is 32.4 Å². The number of hydrogen-bond donors (Lipinski definition) is 1. The van der Waals surface area contributed by atoms with Gasteiger partial charge in [-0.2, -0.15) is 0 Å². The van der Waals surface area contributed by atoms with Crippen molar-refractivity contribution in [3.8, 4) is 0 Å². The van der Waals surface area contributed by atoms with Gasteiger partial charge in [0.05, 0.1) is 21.4 Å². The van der Waals surface area contributed by atoms with Gasteiger partial charge in [0, 0.05) is 6.54 Å². The van der Waals surface area contributed by atoms with E-state index in [1.165, 1.54) is 11.3 Å². The first-order valence-corrected chi connectivity index (χ1v) is 7.40. The van der Waals surface area contributed by atoms with Crippen LogP contribution in [0.1, 0.15) is 29.9 Å². The summed E-state index contributed by atoms with van der Waals surface area (Å²) in [6.45, 7) is 5.39. The van der Waals surface area contributed by atoms with Crippen molar-refractivity contribution in [1.82, 2.24) is 4.90 Å². The Hall–Kier alpha value is -0.420. The standard InChI is InChI=1S/C13H18ClNO2S/c1-8-5-6-15(7-10(8)16)9(2)13(17)11-3-4-12(14)18-11/h3-4,8-10,16H,5-7H2,1-2H3. The van der Waals surface area contributed by atoms with E-state index < -0.39 is 0 Å². The number of likely N-dealkylation sites (tertiary alicyclic amines) is 1. The number of rotatable bonds is 3. The zero-order valence-electron chi connectivity index (χ0n) is 10.6. The monoisotopic (exact) mass is 287 g/mol. The molecule has 3 nitrogen and oxygen atoms in total. The number of β-amino-alcohol motifs (C(OH)–C–C–N with tert-alkyl or cyclic N) is 1. The number of hydrogen-bond acceptors (Lipinski definition) is 4. The van der Waals surface area contributed by atoms with Gasteiger partial charge in [-0.1, -0.05) is 18.5 Å². The minimum Gasteiger partial charge on any atom is -0.392 e. The van der Waals surface area contributed by atoms with Gasteiger partial charge in [0.15, 0.2) is 5.78 Å². The van der Waals surface area contributed by atoms with Crippen LogP contribution in [0.5, 0.6) is 0 Å². The predicted molar refractivity (Wildman–Crippen MR) is 74.5 cm³/mol. The number of halogens is 1. The van der Waals surface area contributed by atoms with Crippen LogP contribution in [0.3, 0.4) is 0 Å². The largest absolute Gasteiger partial charge is 0.392 e. The van der Waals surface area contributed by atoms with Crippen LogP contribution in [-0.4, -0.2) is 41.0 Å². The average molecular weight is 288 g/mol. The summed E-state index contributed by atoms with van der Waals surface area (Å²) in [6.07, 6.45) is 0.602. The number of aliphatic hydroxyl groups excluding tert-OH is 1. The Morgan fingerprint density at radius 3 is 2.89 bits per heavy atom. The minimum absolute atomic E-state index is 0.0913. The number of aliphatic hydroxyl groups is 1. The van der Waals surface area contributed by atoms with Crippen molar-refractivity contribution in [2.24, 2.45) is 5.92 Å². The molecule has 1 N–H and O–H groups in total. The molecule has 0 radical (unpaired) electrons. The highest BCUT2D eigenvalue weighted by Crippen LogP contribution is 2.25. The lowest BCUT2D eigenvalue weighted by molar-refractivity contribution is 0.0147. The van der Waals surface area contributed by atoms with E-state index in [2.05, 4.69) is 4.90 Å². The van der Waals surface area contributed by atoms with E-state index >= 15 is 0 Å². The SMILES string of the molecule is CC1CCN(C(C)C(=O)c2ccc(Cl)s2)CC1O. The number of thiophene rings is 1. The maximum Gasteiger partial charge on any atom is 0.189 e. The number of carbonyl (C=O) groups is 1. The first-order chi connectivity index (χ1) is 8.49. The fraction of sp³-hybridized carbons (Fsp3) is 0.615. The van der Waals surface area contributed by atoms with Gasteiger partial charge >= 0.3 is 0 Å². The van der Waals surface area contributed by atoms with Crippen molar-refractivity contribution in [3.63, 3.8) is 0 Å². The van der Waals surface area contributed by atoms with Crippen LogP contribution in [0, 0.1) is 5.92 Å². The molecule has 0 saturated carbocycles. The Kier molecular flexibility index (Phi) is 4.43. The Labute approximate surface area is 116 Å². The molecule has 2 heterocycles. The molecule has 3 atom stereocenters. The van der Waals surface area contributed by atoms with E-state index in [9.17, 15) is 9.90 Å². The first-order valence-electron chi connectivity index (χ1n) is 6.20. The van der Waals surface area contributed by atoms with Crippen molar-refractivity contribution < 1.29 is 9.90 Å². The molecule has 0 spiro atoms. The zero-order valence-corrected chi connectivity index (χ0v) is 12.2. The molecule has 1 aliphatic heterocycles. The summed E-state index contributed by atoms with van der Waals surface area (Å²) in [5.41, 5.74) is 0. The number of ketones is 1. The van der Waals surface area contributed by atoms with Gasteiger partial charge in [-0.05, 0) is 37.9 Å². The van der Waals surface area contributed by atoms with Gasteiger partial charge in [-0.15, -0.1) is 11.3 Å². The van der Waals surface area contributed by atoms with E-state index in [1.54, 1.807) is 12.1 Å². The fourth-order valence-electron chi connectivity index (χ4n) is 2.24. The summed E-state index contributed by atoms with van der Waals surface area (Å²) < 4.78 is 0.637. The van der Waals surface area contributed by atoms with E-state index in [4.69, 9.17) is 11.6 Å². The third kappa shape index (κ3) is 2.94. The van der Waals surface area contributed by atoms with Gasteiger partial charge in [-0.3, -0.25) is 9.69 Å². The molecule has 18 heavy (non-hydrogen) atoms. The van der Waals surface area contributed by atoms with Gasteiger partial charge in [-0.25, -0.2) is 0 Å². The predicted octanol–water partition coefficient (Wildman–Crippen LogP) is 2.68. The molecule has 0 amide bonds. The van der Waals surface area contributed by atoms with E-state index in [1.807, 2.05) is 13.8 Å². The minimum atomic E-state index is -0.332. The van der Waals surface area contributed by atoms with Crippen molar-refractivity contribution in [2.75, 3.05) is 13.1 Å². The molecule has 0 aliphatic carbocycles. The Bertz CT molecular complexity index is 434. The second-order valence-corrected chi connectivity index (χ2v) is 6.69. The van der Waals surface area contributed by atoms with Crippen molar-refractivity contribution in [3.05, 3.63) is 21.3 Å². The number of Topliss-reactive ketones (excluding diaryl/α,β-unsaturated/α-hetero) is 1. The van der Waals surface area contributed by atoms with Gasteiger partial charge in [0.1, 0.15) is 0 Å². The smallest absolute Gasteiger partial charge is 0.189 e. The van der Waals surface area contributed by atoms with Crippen LogP contribution < -0.4 is 0 Å². The molecule has 1 fully saturated rings. The molecule has 0 aromatic carbocycles. The second kappa shape index (κ2) is 5.70. The lowest BCUT2D eigenvalue weighted by atomic mass is 9.94. The summed E-state index contributed by atoms with van der Waals surface area (Å²) in [4.78, 5) is 15.0. The van der Waals surface area contributed by atoms with E-state index in [0.717, 1.165) is 13.0 Å². The van der Waals surface area contributed by atoms with E-state index in [-0.39, 0.29) is 17.9 Å². The Morgan fingerprint density at radius 1 is 1.61 bits per heavy atom. The molecule has 100 valence electrons. The molecule has 5 heteroatoms. The molecule has 1 aromatic rings. The highest BCUT2D eigenvalue weighted by atomic mass is 35.5. The second-order valence-electron chi connectivity index (χ2n) is 4.97. The maximum absolute atomic E-state index is 12.3. The van der Waals surface area contributed by atoms with Crippen LogP contribution in [-0.2, 0) is 0 Å². The normalized spacial score (nSPS) is 27.1. The third-order valence-electron chi connectivity index (χ3n) is 3.69. The molecule has 1 saturated heterocycles. The van der Waals surface area contributed by atoms with Crippen LogP contribution in [0.25, 0.3) is 0 Å². The van der Waals surface area contributed by atoms with Gasteiger partial charge in [0.2, 0.25) is 0 Å². The number of nitrogens with zero attached hydrogens (tertiary/aromatic N) is 1. The molecule has 0 bridgehead atoms. The molecule has 1 aliphatic rings. The summed E-state index contributed by atoms with van der Waals surface area (Å²) in [6, 6.07) is 3.33. The highest BCUT2D eigenvalue weighted by Gasteiger charge is 2.30. The van der Waals surface area contributed by atoms with Gasteiger partial charge < -0.3 is 5.11 Å². The topological polar surface area (TPSA) is 40.5 Å². The van der Waals surface area contributed by atoms with Crippen LogP contribution in [0.2, 0.25) is 4.34 Å². The molecular formula is C13H18ClNO2S. The third-order valence-corrected chi connectivity index (χ3v) is 4.94. The average Bonchev–Trinajstić information content (AvgIpc) is 2.77. The fourth-order valence-corrected chi connectivity index (χ4v) is 3.31. The summed E-state index contributed by atoms with van der Waals surface area (Å²) in [5, 5.41) is 9.88. The highest BCUT2D eigenvalue weighted by molar-refractivity contribution is 7.18. The van der Waals surface area contributed by atoms with Crippen LogP contribution in [0.15, 0.2) is 12.1 Å². The van der Waals surface area contributed by atoms with Crippen LogP contribution >= 0.6 is 22.9 Å². The summed E-state index contributed by atoms with van der Waals surface area (Å²) >= 11 is 7.17. The Balaban J connectivity index is 2.03. The lowest BCUT2D eigenvalue weighted by Crippen LogP contribution is -2.49. The maximum atomic E-state index is 12.3. The molecular weight excluding hydrogens is 270 g/mol. The zero-order chi connectivity index (χ0) is 13.3. The molecule has 1 aromatic heterocycles. The number of piperidine rings is 1. The van der Waals surface area contributed by atoms with Crippen molar-refractivity contribution >= 4 is 28.7 Å². The lowest BCUT2D eigenvalue weighted by Gasteiger charge is -2.37. The summed E-state index contributed by atoms with van der Waals surface area (Å²) in [5.74, 6) is 0.411. The Morgan fingerprint density at radius 2 is 2.33 bits per heavy atom. The number of carbonyl (C=O) groups excluding carboxylic acids is 1. The van der Waals surface area contributed by atoms with Crippen molar-refractivity contribution in [1.29, 1.82) is 0 Å². The quantitative estimate of drug-likeness (QED) is 0.869. The van der Waals surface area contributed by atoms with Gasteiger partial charge in [0.25, 0.3) is 0 Å². The molecule has 2 rings (SSSR count). The first kappa shape index (κ1) is 14.0. The summed E-state index contributed by atoms with van der Waals surface area (Å²) in [7, 11) is 0. The molecule has 3 unspecified atom stereocenters. The van der Waals surface area contributed by atoms with Crippen LogP contribution in [0.4, 0.5) is 0 Å². The van der Waals surface area contributed by atoms with E-state index in [0.29, 0.717) is 21.7 Å².